The molecule has 0 aliphatic heterocycles. The van der Waals surface area contributed by atoms with Gasteiger partial charge < -0.3 is 9.84 Å². The van der Waals surface area contributed by atoms with Gasteiger partial charge in [0.2, 0.25) is 10.0 Å². The summed E-state index contributed by atoms with van der Waals surface area (Å²) in [6.45, 7) is 1.41. The molecule has 0 fully saturated rings. The molecule has 7 heteroatoms. The standard InChI is InChI=1S/C13H16FNO4S/c1-10(9-19-2)15-20(17,18)13-6-5-12(14)8-11(13)4-3-7-16/h5-6,8,10,15-16H,7,9H2,1-2H3. The Balaban J connectivity index is 3.17. The molecule has 0 bridgehead atoms. The molecule has 1 rings (SSSR count). The number of sulfonamides is 1. The van der Waals surface area contributed by atoms with Crippen molar-refractivity contribution in [3.05, 3.63) is 29.6 Å². The van der Waals surface area contributed by atoms with Crippen molar-refractivity contribution in [3.8, 4) is 11.8 Å². The SMILES string of the molecule is COCC(C)NS(=O)(=O)c1ccc(F)cc1C#CCO. The lowest BCUT2D eigenvalue weighted by Gasteiger charge is -2.14. The molecule has 0 aliphatic rings. The third-order valence-electron chi connectivity index (χ3n) is 2.31. The summed E-state index contributed by atoms with van der Waals surface area (Å²) in [4.78, 5) is -0.136. The van der Waals surface area contributed by atoms with E-state index in [-0.39, 0.29) is 17.1 Å². The topological polar surface area (TPSA) is 75.6 Å². The minimum atomic E-state index is -3.84. The van der Waals surface area contributed by atoms with Gasteiger partial charge in [0.25, 0.3) is 0 Å². The minimum Gasteiger partial charge on any atom is -0.384 e. The van der Waals surface area contributed by atoms with Gasteiger partial charge in [-0.1, -0.05) is 11.8 Å². The molecule has 0 aromatic heterocycles. The van der Waals surface area contributed by atoms with E-state index in [1.807, 2.05) is 0 Å². The lowest BCUT2D eigenvalue weighted by molar-refractivity contribution is 0.180. The summed E-state index contributed by atoms with van der Waals surface area (Å²) >= 11 is 0. The van der Waals surface area contributed by atoms with Crippen molar-refractivity contribution >= 4 is 10.0 Å². The van der Waals surface area contributed by atoms with E-state index >= 15 is 0 Å². The van der Waals surface area contributed by atoms with Gasteiger partial charge in [-0.15, -0.1) is 0 Å². The van der Waals surface area contributed by atoms with E-state index in [0.29, 0.717) is 0 Å². The Morgan fingerprint density at radius 2 is 2.20 bits per heavy atom. The van der Waals surface area contributed by atoms with E-state index in [9.17, 15) is 12.8 Å². The zero-order valence-electron chi connectivity index (χ0n) is 11.2. The predicted molar refractivity (Wildman–Crippen MR) is 72.0 cm³/mol. The molecule has 1 unspecified atom stereocenters. The first-order valence-corrected chi connectivity index (χ1v) is 7.29. The van der Waals surface area contributed by atoms with Crippen LogP contribution in [0.3, 0.4) is 0 Å². The van der Waals surface area contributed by atoms with Crippen LogP contribution in [0.2, 0.25) is 0 Å². The highest BCUT2D eigenvalue weighted by atomic mass is 32.2. The number of ether oxygens (including phenoxy) is 1. The maximum Gasteiger partial charge on any atom is 0.242 e. The average molecular weight is 301 g/mol. The Labute approximate surface area is 117 Å². The molecule has 1 aromatic carbocycles. The van der Waals surface area contributed by atoms with Gasteiger partial charge in [0.05, 0.1) is 11.5 Å². The fourth-order valence-corrected chi connectivity index (χ4v) is 2.95. The molecule has 1 atom stereocenters. The molecule has 0 radical (unpaired) electrons. The van der Waals surface area contributed by atoms with Crippen LogP contribution in [0.4, 0.5) is 4.39 Å². The largest absolute Gasteiger partial charge is 0.384 e. The van der Waals surface area contributed by atoms with Gasteiger partial charge in [-0.3, -0.25) is 0 Å². The van der Waals surface area contributed by atoms with Crippen LogP contribution < -0.4 is 4.72 Å². The molecule has 1 aromatic rings. The molecule has 20 heavy (non-hydrogen) atoms. The third-order valence-corrected chi connectivity index (χ3v) is 3.95. The van der Waals surface area contributed by atoms with Gasteiger partial charge in [0.1, 0.15) is 12.4 Å². The normalized spacial score (nSPS) is 12.6. The lowest BCUT2D eigenvalue weighted by atomic mass is 10.2. The molecule has 0 saturated carbocycles. The maximum atomic E-state index is 13.2. The van der Waals surface area contributed by atoms with Crippen molar-refractivity contribution in [3.63, 3.8) is 0 Å². The fraction of sp³-hybridized carbons (Fsp3) is 0.385. The highest BCUT2D eigenvalue weighted by molar-refractivity contribution is 7.89. The lowest BCUT2D eigenvalue weighted by Crippen LogP contribution is -2.35. The second kappa shape index (κ2) is 7.36. The summed E-state index contributed by atoms with van der Waals surface area (Å²) in [5, 5.41) is 8.66. The minimum absolute atomic E-state index is 0.00355. The quantitative estimate of drug-likeness (QED) is 0.776. The van der Waals surface area contributed by atoms with E-state index in [4.69, 9.17) is 9.84 Å². The van der Waals surface area contributed by atoms with Crippen molar-refractivity contribution < 1.29 is 22.7 Å². The highest BCUT2D eigenvalue weighted by Crippen LogP contribution is 2.16. The van der Waals surface area contributed by atoms with E-state index in [0.717, 1.165) is 18.2 Å². The highest BCUT2D eigenvalue weighted by Gasteiger charge is 2.20. The molecular weight excluding hydrogens is 285 g/mol. The Bertz CT molecular complexity index is 619. The van der Waals surface area contributed by atoms with Gasteiger partial charge in [-0.2, -0.15) is 0 Å². The van der Waals surface area contributed by atoms with Gasteiger partial charge >= 0.3 is 0 Å². The van der Waals surface area contributed by atoms with Crippen molar-refractivity contribution in [2.75, 3.05) is 20.3 Å². The Hall–Kier alpha value is -1.46. The van der Waals surface area contributed by atoms with Crippen LogP contribution in [0.25, 0.3) is 0 Å². The van der Waals surface area contributed by atoms with Gasteiger partial charge in [0, 0.05) is 18.7 Å². The average Bonchev–Trinajstić information content (AvgIpc) is 2.35. The molecule has 110 valence electrons. The number of rotatable bonds is 5. The smallest absolute Gasteiger partial charge is 0.242 e. The van der Waals surface area contributed by atoms with Crippen LogP contribution in [0.1, 0.15) is 12.5 Å². The number of nitrogens with one attached hydrogen (secondary N) is 1. The summed E-state index contributed by atoms with van der Waals surface area (Å²) in [7, 11) is -2.38. The van der Waals surface area contributed by atoms with Crippen molar-refractivity contribution in [2.45, 2.75) is 17.9 Å². The monoisotopic (exact) mass is 301 g/mol. The van der Waals surface area contributed by atoms with E-state index in [1.54, 1.807) is 6.92 Å². The van der Waals surface area contributed by atoms with Crippen molar-refractivity contribution in [1.29, 1.82) is 0 Å². The first kappa shape index (κ1) is 16.6. The molecule has 2 N–H and O–H groups in total. The second-order valence-corrected chi connectivity index (χ2v) is 5.76. The third kappa shape index (κ3) is 4.58. The molecule has 0 saturated heterocycles. The first-order valence-electron chi connectivity index (χ1n) is 5.81. The van der Waals surface area contributed by atoms with Crippen LogP contribution in [-0.4, -0.2) is 39.9 Å². The summed E-state index contributed by atoms with van der Waals surface area (Å²) in [6, 6.07) is 2.75. The van der Waals surface area contributed by atoms with Crippen LogP contribution in [-0.2, 0) is 14.8 Å². The van der Waals surface area contributed by atoms with Crippen LogP contribution in [0, 0.1) is 17.7 Å². The van der Waals surface area contributed by atoms with Crippen molar-refractivity contribution in [1.82, 2.24) is 4.72 Å². The molecule has 0 spiro atoms. The van der Waals surface area contributed by atoms with E-state index in [1.165, 1.54) is 7.11 Å². The Morgan fingerprint density at radius 3 is 2.80 bits per heavy atom. The summed E-state index contributed by atoms with van der Waals surface area (Å²) in [5.74, 6) is 4.13. The van der Waals surface area contributed by atoms with Gasteiger partial charge in [0.15, 0.2) is 0 Å². The number of aliphatic hydroxyl groups is 1. The number of methoxy groups -OCH3 is 1. The van der Waals surface area contributed by atoms with E-state index in [2.05, 4.69) is 16.6 Å². The second-order valence-electron chi connectivity index (χ2n) is 4.08. The zero-order valence-corrected chi connectivity index (χ0v) is 12.0. The first-order chi connectivity index (χ1) is 9.40. The van der Waals surface area contributed by atoms with Gasteiger partial charge in [-0.05, 0) is 25.1 Å². The number of hydrogen-bond donors (Lipinski definition) is 2. The van der Waals surface area contributed by atoms with E-state index < -0.39 is 28.5 Å². The van der Waals surface area contributed by atoms with Crippen LogP contribution >= 0.6 is 0 Å². The summed E-state index contributed by atoms with van der Waals surface area (Å²) in [6.07, 6.45) is 0. The predicted octanol–water partition coefficient (Wildman–Crippen LogP) is 0.483. The number of halogens is 1. The Kier molecular flexibility index (Phi) is 6.10. The van der Waals surface area contributed by atoms with Crippen LogP contribution in [0.15, 0.2) is 23.1 Å². The van der Waals surface area contributed by atoms with Crippen LogP contribution in [0.5, 0.6) is 0 Å². The molecule has 0 heterocycles. The molecule has 0 amide bonds. The molecule has 0 aliphatic carbocycles. The molecule has 5 nitrogen and oxygen atoms in total. The van der Waals surface area contributed by atoms with Crippen molar-refractivity contribution in [2.24, 2.45) is 0 Å². The maximum absolute atomic E-state index is 13.2. The Morgan fingerprint density at radius 1 is 1.50 bits per heavy atom. The summed E-state index contributed by atoms with van der Waals surface area (Å²) < 4.78 is 44.8. The number of aliphatic hydroxyl groups excluding tert-OH is 1. The number of benzene rings is 1. The summed E-state index contributed by atoms with van der Waals surface area (Å²) in [5.41, 5.74) is -0.00355. The molecular formula is C13H16FNO4S. The van der Waals surface area contributed by atoms with Gasteiger partial charge in [-0.25, -0.2) is 17.5 Å². The number of hydrogen-bond acceptors (Lipinski definition) is 4. The fourth-order valence-electron chi connectivity index (χ4n) is 1.58. The zero-order chi connectivity index (χ0) is 15.2.